The van der Waals surface area contributed by atoms with Gasteiger partial charge in [0.05, 0.1) is 11.4 Å². The molecule has 20 heavy (non-hydrogen) atoms. The van der Waals surface area contributed by atoms with E-state index in [-0.39, 0.29) is 12.1 Å². The second-order valence-corrected chi connectivity index (χ2v) is 5.58. The molecule has 0 aliphatic heterocycles. The van der Waals surface area contributed by atoms with E-state index in [9.17, 15) is 30.4 Å². The van der Waals surface area contributed by atoms with E-state index >= 15 is 0 Å². The van der Waals surface area contributed by atoms with Gasteiger partial charge in [-0.25, -0.2) is 26.3 Å². The first kappa shape index (κ1) is 16.8. The van der Waals surface area contributed by atoms with Gasteiger partial charge in [-0.3, -0.25) is 0 Å². The summed E-state index contributed by atoms with van der Waals surface area (Å²) in [5.74, 6) is -5.45. The zero-order chi connectivity index (χ0) is 15.6. The van der Waals surface area contributed by atoms with Crippen molar-refractivity contribution in [3.63, 3.8) is 0 Å². The summed E-state index contributed by atoms with van der Waals surface area (Å²) in [7, 11) is -4.58. The molecule has 0 bridgehead atoms. The first-order valence-corrected chi connectivity index (χ1v) is 6.72. The van der Waals surface area contributed by atoms with E-state index < -0.39 is 39.6 Å². The Labute approximate surface area is 111 Å². The third kappa shape index (κ3) is 3.87. The number of rotatable bonds is 6. The van der Waals surface area contributed by atoms with Crippen LogP contribution in [0.3, 0.4) is 0 Å². The van der Waals surface area contributed by atoms with Crippen molar-refractivity contribution in [3.05, 3.63) is 29.6 Å². The van der Waals surface area contributed by atoms with Crippen LogP contribution in [-0.2, 0) is 16.6 Å². The SMILES string of the molecule is NCc1ccc(F)cc1S(=O)(=O)NCC(F)(F)C(F)F. The third-order valence-corrected chi connectivity index (χ3v) is 3.84. The fourth-order valence-corrected chi connectivity index (χ4v) is 2.60. The third-order valence-electron chi connectivity index (χ3n) is 2.36. The molecule has 0 saturated heterocycles. The maximum absolute atomic E-state index is 13.0. The molecular formula is C10H11F5N2O2S. The smallest absolute Gasteiger partial charge is 0.320 e. The number of alkyl halides is 4. The molecule has 1 rings (SSSR count). The average molecular weight is 318 g/mol. The minimum absolute atomic E-state index is 0.0285. The predicted octanol–water partition coefficient (Wildman–Crippen LogP) is 1.46. The molecule has 114 valence electrons. The van der Waals surface area contributed by atoms with E-state index in [0.29, 0.717) is 6.07 Å². The van der Waals surface area contributed by atoms with Gasteiger partial charge >= 0.3 is 12.3 Å². The lowest BCUT2D eigenvalue weighted by Crippen LogP contribution is -2.41. The summed E-state index contributed by atoms with van der Waals surface area (Å²) >= 11 is 0. The number of hydrogen-bond acceptors (Lipinski definition) is 3. The van der Waals surface area contributed by atoms with Crippen LogP contribution in [-0.4, -0.2) is 27.3 Å². The lowest BCUT2D eigenvalue weighted by molar-refractivity contribution is -0.122. The van der Waals surface area contributed by atoms with Crippen molar-refractivity contribution in [2.24, 2.45) is 5.73 Å². The van der Waals surface area contributed by atoms with Crippen LogP contribution >= 0.6 is 0 Å². The molecular weight excluding hydrogens is 307 g/mol. The standard InChI is InChI=1S/C10H11F5N2O2S/c11-7-2-1-6(4-16)8(3-7)20(18,19)17-5-10(14,15)9(12)13/h1-3,9,17H,4-5,16H2. The minimum Gasteiger partial charge on any atom is -0.326 e. The zero-order valence-electron chi connectivity index (χ0n) is 9.92. The highest BCUT2D eigenvalue weighted by Crippen LogP contribution is 2.23. The molecule has 3 N–H and O–H groups in total. The first-order chi connectivity index (χ1) is 9.10. The van der Waals surface area contributed by atoms with Gasteiger partial charge in [0.2, 0.25) is 10.0 Å². The van der Waals surface area contributed by atoms with Crippen LogP contribution in [0, 0.1) is 5.82 Å². The largest absolute Gasteiger partial charge is 0.326 e. The molecule has 0 spiro atoms. The average Bonchev–Trinajstić information content (AvgIpc) is 2.36. The molecule has 10 heteroatoms. The van der Waals surface area contributed by atoms with Crippen molar-refractivity contribution in [1.82, 2.24) is 4.72 Å². The van der Waals surface area contributed by atoms with Crippen LogP contribution in [0.15, 0.2) is 23.1 Å². The Balaban J connectivity index is 3.03. The molecule has 0 saturated carbocycles. The lowest BCUT2D eigenvalue weighted by Gasteiger charge is -2.16. The Hall–Kier alpha value is -1.26. The molecule has 4 nitrogen and oxygen atoms in total. The number of benzene rings is 1. The Morgan fingerprint density at radius 2 is 1.90 bits per heavy atom. The maximum Gasteiger partial charge on any atom is 0.320 e. The van der Waals surface area contributed by atoms with Gasteiger partial charge in [0.25, 0.3) is 0 Å². The summed E-state index contributed by atoms with van der Waals surface area (Å²) < 4.78 is 87.0. The van der Waals surface area contributed by atoms with Crippen LogP contribution in [0.4, 0.5) is 22.0 Å². The Morgan fingerprint density at radius 1 is 1.30 bits per heavy atom. The van der Waals surface area contributed by atoms with Crippen molar-refractivity contribution in [2.75, 3.05) is 6.54 Å². The summed E-state index contributed by atoms with van der Waals surface area (Å²) in [6.45, 7) is -2.09. The highest BCUT2D eigenvalue weighted by atomic mass is 32.2. The second kappa shape index (κ2) is 6.02. The molecule has 0 atom stereocenters. The minimum atomic E-state index is -4.58. The summed E-state index contributed by atoms with van der Waals surface area (Å²) in [6.07, 6.45) is -4.02. The van der Waals surface area contributed by atoms with Gasteiger partial charge in [0, 0.05) is 6.54 Å². The van der Waals surface area contributed by atoms with Crippen molar-refractivity contribution in [1.29, 1.82) is 0 Å². The van der Waals surface area contributed by atoms with Gasteiger partial charge in [-0.2, -0.15) is 8.78 Å². The second-order valence-electron chi connectivity index (χ2n) is 3.84. The first-order valence-electron chi connectivity index (χ1n) is 5.24. The Kier molecular flexibility index (Phi) is 5.05. The molecule has 0 aliphatic carbocycles. The van der Waals surface area contributed by atoms with Crippen LogP contribution in [0.25, 0.3) is 0 Å². The van der Waals surface area contributed by atoms with Gasteiger partial charge in [0.15, 0.2) is 0 Å². The number of nitrogens with one attached hydrogen (secondary N) is 1. The van der Waals surface area contributed by atoms with Crippen LogP contribution < -0.4 is 10.5 Å². The van der Waals surface area contributed by atoms with E-state index in [1.165, 1.54) is 4.72 Å². The monoisotopic (exact) mass is 318 g/mol. The van der Waals surface area contributed by atoms with Crippen molar-refractivity contribution < 1.29 is 30.4 Å². The normalized spacial score (nSPS) is 12.9. The van der Waals surface area contributed by atoms with Crippen LogP contribution in [0.1, 0.15) is 5.56 Å². The molecule has 0 radical (unpaired) electrons. The fourth-order valence-electron chi connectivity index (χ4n) is 1.29. The van der Waals surface area contributed by atoms with Gasteiger partial charge < -0.3 is 5.73 Å². The van der Waals surface area contributed by atoms with E-state index in [0.717, 1.165) is 12.1 Å². The molecule has 0 unspecified atom stereocenters. The molecule has 1 aromatic carbocycles. The van der Waals surface area contributed by atoms with Gasteiger partial charge in [-0.1, -0.05) is 6.07 Å². The van der Waals surface area contributed by atoms with E-state index in [1.807, 2.05) is 0 Å². The Morgan fingerprint density at radius 3 is 2.40 bits per heavy atom. The highest BCUT2D eigenvalue weighted by Gasteiger charge is 2.41. The number of nitrogens with two attached hydrogens (primary N) is 1. The Bertz CT molecular complexity index is 577. The summed E-state index contributed by atoms with van der Waals surface area (Å²) in [4.78, 5) is -0.662. The van der Waals surface area contributed by atoms with E-state index in [2.05, 4.69) is 0 Å². The molecule has 0 aliphatic rings. The van der Waals surface area contributed by atoms with Gasteiger partial charge in [-0.05, 0) is 17.7 Å². The summed E-state index contributed by atoms with van der Waals surface area (Å²) in [5, 5.41) is 0. The summed E-state index contributed by atoms with van der Waals surface area (Å²) in [5.41, 5.74) is 5.22. The summed E-state index contributed by atoms with van der Waals surface area (Å²) in [6, 6.07) is 2.58. The molecule has 1 aromatic rings. The van der Waals surface area contributed by atoms with Crippen molar-refractivity contribution in [2.45, 2.75) is 23.8 Å². The lowest BCUT2D eigenvalue weighted by atomic mass is 10.2. The predicted molar refractivity (Wildman–Crippen MR) is 60.4 cm³/mol. The molecule has 0 fully saturated rings. The number of halogens is 5. The van der Waals surface area contributed by atoms with Crippen molar-refractivity contribution in [3.8, 4) is 0 Å². The fraction of sp³-hybridized carbons (Fsp3) is 0.400. The highest BCUT2D eigenvalue weighted by molar-refractivity contribution is 7.89. The van der Waals surface area contributed by atoms with Crippen LogP contribution in [0.2, 0.25) is 0 Å². The zero-order valence-corrected chi connectivity index (χ0v) is 10.7. The van der Waals surface area contributed by atoms with E-state index in [1.54, 1.807) is 0 Å². The van der Waals surface area contributed by atoms with E-state index in [4.69, 9.17) is 5.73 Å². The molecule has 0 aromatic heterocycles. The molecule has 0 heterocycles. The quantitative estimate of drug-likeness (QED) is 0.780. The van der Waals surface area contributed by atoms with Gasteiger partial charge in [0.1, 0.15) is 5.82 Å². The number of sulfonamides is 1. The van der Waals surface area contributed by atoms with Crippen molar-refractivity contribution >= 4 is 10.0 Å². The number of hydrogen-bond donors (Lipinski definition) is 2. The van der Waals surface area contributed by atoms with Gasteiger partial charge in [-0.15, -0.1) is 0 Å². The molecule has 0 amide bonds. The topological polar surface area (TPSA) is 72.2 Å². The van der Waals surface area contributed by atoms with Crippen LogP contribution in [0.5, 0.6) is 0 Å². The maximum atomic E-state index is 13.0.